The molecule has 20 heavy (non-hydrogen) atoms. The first-order valence-electron chi connectivity index (χ1n) is 7.55. The molecule has 1 aliphatic rings. The van der Waals surface area contributed by atoms with Gasteiger partial charge in [0, 0.05) is 30.5 Å². The highest BCUT2D eigenvalue weighted by Crippen LogP contribution is 2.27. The smallest absolute Gasteiger partial charge is 0.242 e. The van der Waals surface area contributed by atoms with Crippen molar-refractivity contribution < 1.29 is 4.79 Å². The van der Waals surface area contributed by atoms with Crippen LogP contribution in [0.2, 0.25) is 0 Å². The van der Waals surface area contributed by atoms with Crippen LogP contribution >= 0.6 is 0 Å². The van der Waals surface area contributed by atoms with Crippen LogP contribution in [0, 0.1) is 0 Å². The summed E-state index contributed by atoms with van der Waals surface area (Å²) in [5.74, 6) is 0.236. The maximum atomic E-state index is 12.4. The zero-order valence-corrected chi connectivity index (χ0v) is 12.5. The molecule has 1 amide bonds. The standard InChI is InChI=1S/C16H25N3O/c1-3-11-18(14-7-5-13(17)6-8-14)12-16(20)19(4-2)15-9-10-15/h5-8,15H,3-4,9-12,17H2,1-2H3. The van der Waals surface area contributed by atoms with E-state index < -0.39 is 0 Å². The van der Waals surface area contributed by atoms with Crippen LogP contribution in [0.15, 0.2) is 24.3 Å². The van der Waals surface area contributed by atoms with Crippen molar-refractivity contribution in [3.05, 3.63) is 24.3 Å². The molecule has 4 nitrogen and oxygen atoms in total. The number of hydrogen-bond acceptors (Lipinski definition) is 3. The Hall–Kier alpha value is -1.71. The summed E-state index contributed by atoms with van der Waals surface area (Å²) in [6.07, 6.45) is 3.34. The van der Waals surface area contributed by atoms with Gasteiger partial charge in [-0.05, 0) is 50.5 Å². The lowest BCUT2D eigenvalue weighted by molar-refractivity contribution is -0.130. The molecule has 1 saturated carbocycles. The normalized spacial score (nSPS) is 14.1. The molecule has 0 aromatic heterocycles. The number of likely N-dealkylation sites (N-methyl/N-ethyl adjacent to an activating group) is 1. The van der Waals surface area contributed by atoms with Gasteiger partial charge in [-0.1, -0.05) is 6.92 Å². The summed E-state index contributed by atoms with van der Waals surface area (Å²) in [5.41, 5.74) is 7.55. The summed E-state index contributed by atoms with van der Waals surface area (Å²) in [4.78, 5) is 16.6. The predicted octanol–water partition coefficient (Wildman–Crippen LogP) is 2.50. The highest BCUT2D eigenvalue weighted by atomic mass is 16.2. The molecular weight excluding hydrogens is 250 g/mol. The van der Waals surface area contributed by atoms with Crippen molar-refractivity contribution in [3.63, 3.8) is 0 Å². The van der Waals surface area contributed by atoms with Gasteiger partial charge in [0.15, 0.2) is 0 Å². The van der Waals surface area contributed by atoms with Crippen LogP contribution in [0.3, 0.4) is 0 Å². The van der Waals surface area contributed by atoms with Crippen molar-refractivity contribution in [2.75, 3.05) is 30.3 Å². The Labute approximate surface area is 121 Å². The maximum absolute atomic E-state index is 12.4. The number of rotatable bonds is 7. The van der Waals surface area contributed by atoms with E-state index in [1.165, 1.54) is 0 Å². The average molecular weight is 275 g/mol. The maximum Gasteiger partial charge on any atom is 0.242 e. The van der Waals surface area contributed by atoms with Gasteiger partial charge in [-0.3, -0.25) is 4.79 Å². The van der Waals surface area contributed by atoms with E-state index in [0.717, 1.165) is 43.7 Å². The summed E-state index contributed by atoms with van der Waals surface area (Å²) in [5, 5.41) is 0. The van der Waals surface area contributed by atoms with Crippen LogP contribution in [-0.2, 0) is 4.79 Å². The number of carbonyl (C=O) groups excluding carboxylic acids is 1. The lowest BCUT2D eigenvalue weighted by Gasteiger charge is -2.28. The molecule has 0 saturated heterocycles. The molecule has 0 aliphatic heterocycles. The number of carbonyl (C=O) groups is 1. The molecule has 0 bridgehead atoms. The molecule has 1 aromatic rings. The summed E-state index contributed by atoms with van der Waals surface area (Å²) < 4.78 is 0. The van der Waals surface area contributed by atoms with E-state index in [4.69, 9.17) is 5.73 Å². The number of nitrogen functional groups attached to an aromatic ring is 1. The van der Waals surface area contributed by atoms with E-state index in [1.807, 2.05) is 29.2 Å². The van der Waals surface area contributed by atoms with Gasteiger partial charge in [0.25, 0.3) is 0 Å². The Morgan fingerprint density at radius 2 is 1.90 bits per heavy atom. The Morgan fingerprint density at radius 3 is 2.40 bits per heavy atom. The molecule has 0 unspecified atom stereocenters. The zero-order valence-electron chi connectivity index (χ0n) is 12.5. The van der Waals surface area contributed by atoms with Crippen LogP contribution in [0.4, 0.5) is 11.4 Å². The molecule has 0 heterocycles. The summed E-state index contributed by atoms with van der Waals surface area (Å²) in [6.45, 7) is 6.35. The topological polar surface area (TPSA) is 49.6 Å². The Bertz CT molecular complexity index is 440. The molecule has 110 valence electrons. The number of benzene rings is 1. The minimum absolute atomic E-state index is 0.236. The van der Waals surface area contributed by atoms with Crippen LogP contribution in [0.25, 0.3) is 0 Å². The fourth-order valence-corrected chi connectivity index (χ4v) is 2.53. The number of nitrogens with zero attached hydrogens (tertiary/aromatic N) is 2. The predicted molar refractivity (Wildman–Crippen MR) is 83.8 cm³/mol. The first-order valence-corrected chi connectivity index (χ1v) is 7.55. The van der Waals surface area contributed by atoms with E-state index >= 15 is 0 Å². The molecule has 2 rings (SSSR count). The highest BCUT2D eigenvalue weighted by Gasteiger charge is 2.31. The average Bonchev–Trinajstić information content (AvgIpc) is 3.25. The van der Waals surface area contributed by atoms with Crippen molar-refractivity contribution >= 4 is 17.3 Å². The highest BCUT2D eigenvalue weighted by molar-refractivity contribution is 5.82. The third kappa shape index (κ3) is 3.65. The Balaban J connectivity index is 2.04. The van der Waals surface area contributed by atoms with Crippen molar-refractivity contribution in [2.24, 2.45) is 0 Å². The summed E-state index contributed by atoms with van der Waals surface area (Å²) in [6, 6.07) is 8.25. The fourth-order valence-electron chi connectivity index (χ4n) is 2.53. The van der Waals surface area contributed by atoms with Gasteiger partial charge in [0.05, 0.1) is 6.54 Å². The van der Waals surface area contributed by atoms with E-state index in [0.29, 0.717) is 12.6 Å². The van der Waals surface area contributed by atoms with Gasteiger partial charge >= 0.3 is 0 Å². The first kappa shape index (κ1) is 14.7. The minimum atomic E-state index is 0.236. The number of amides is 1. The fraction of sp³-hybridized carbons (Fsp3) is 0.562. The quantitative estimate of drug-likeness (QED) is 0.778. The molecule has 4 heteroatoms. The van der Waals surface area contributed by atoms with Crippen LogP contribution < -0.4 is 10.6 Å². The zero-order chi connectivity index (χ0) is 14.5. The van der Waals surface area contributed by atoms with Gasteiger partial charge in [-0.15, -0.1) is 0 Å². The van der Waals surface area contributed by atoms with Gasteiger partial charge in [-0.2, -0.15) is 0 Å². The lowest BCUT2D eigenvalue weighted by atomic mass is 10.2. The van der Waals surface area contributed by atoms with Crippen LogP contribution in [-0.4, -0.2) is 36.5 Å². The Morgan fingerprint density at radius 1 is 1.25 bits per heavy atom. The molecule has 0 radical (unpaired) electrons. The SMILES string of the molecule is CCCN(CC(=O)N(CC)C1CC1)c1ccc(N)cc1. The van der Waals surface area contributed by atoms with Gasteiger partial charge in [-0.25, -0.2) is 0 Å². The molecule has 1 aromatic carbocycles. The largest absolute Gasteiger partial charge is 0.399 e. The van der Waals surface area contributed by atoms with Gasteiger partial charge in [0.2, 0.25) is 5.91 Å². The van der Waals surface area contributed by atoms with E-state index in [-0.39, 0.29) is 5.91 Å². The minimum Gasteiger partial charge on any atom is -0.399 e. The van der Waals surface area contributed by atoms with Crippen LogP contribution in [0.1, 0.15) is 33.1 Å². The molecule has 1 aliphatic carbocycles. The van der Waals surface area contributed by atoms with E-state index in [2.05, 4.69) is 18.7 Å². The number of anilines is 2. The van der Waals surface area contributed by atoms with Crippen LogP contribution in [0.5, 0.6) is 0 Å². The second kappa shape index (κ2) is 6.64. The van der Waals surface area contributed by atoms with Crippen molar-refractivity contribution in [3.8, 4) is 0 Å². The van der Waals surface area contributed by atoms with E-state index in [1.54, 1.807) is 0 Å². The van der Waals surface area contributed by atoms with E-state index in [9.17, 15) is 4.79 Å². The van der Waals surface area contributed by atoms with Crippen molar-refractivity contribution in [2.45, 2.75) is 39.2 Å². The molecular formula is C16H25N3O. The van der Waals surface area contributed by atoms with Gasteiger partial charge in [0.1, 0.15) is 0 Å². The third-order valence-corrected chi connectivity index (χ3v) is 3.73. The first-order chi connectivity index (χ1) is 9.65. The molecule has 2 N–H and O–H groups in total. The monoisotopic (exact) mass is 275 g/mol. The van der Waals surface area contributed by atoms with Crippen molar-refractivity contribution in [1.82, 2.24) is 4.90 Å². The second-order valence-corrected chi connectivity index (χ2v) is 5.42. The molecule has 1 fully saturated rings. The third-order valence-electron chi connectivity index (χ3n) is 3.73. The summed E-state index contributed by atoms with van der Waals surface area (Å²) >= 11 is 0. The summed E-state index contributed by atoms with van der Waals surface area (Å²) in [7, 11) is 0. The number of nitrogens with two attached hydrogens (primary N) is 1. The van der Waals surface area contributed by atoms with Gasteiger partial charge < -0.3 is 15.5 Å². The second-order valence-electron chi connectivity index (χ2n) is 5.42. The number of hydrogen-bond donors (Lipinski definition) is 1. The molecule has 0 spiro atoms. The Kier molecular flexibility index (Phi) is 4.88. The lowest BCUT2D eigenvalue weighted by Crippen LogP contribution is -2.41. The molecule has 0 atom stereocenters. The van der Waals surface area contributed by atoms with Crippen molar-refractivity contribution in [1.29, 1.82) is 0 Å².